The molecule has 3 nitrogen and oxygen atoms in total. The molecule has 3 heteroatoms. The summed E-state index contributed by atoms with van der Waals surface area (Å²) in [6, 6.07) is 9.72. The van der Waals surface area contributed by atoms with Crippen LogP contribution in [-0.2, 0) is 9.53 Å². The molecule has 0 saturated heterocycles. The lowest BCUT2D eigenvalue weighted by Gasteiger charge is -2.16. The van der Waals surface area contributed by atoms with Gasteiger partial charge in [-0.15, -0.1) is 0 Å². The van der Waals surface area contributed by atoms with Gasteiger partial charge < -0.3 is 10.5 Å². The molecular formula is C11H15NO2. The normalized spacial score (nSPS) is 14.7. The quantitative estimate of drug-likeness (QED) is 0.790. The predicted octanol–water partition coefficient (Wildman–Crippen LogP) is 1.64. The van der Waals surface area contributed by atoms with Crippen LogP contribution in [0.15, 0.2) is 30.3 Å². The van der Waals surface area contributed by atoms with Gasteiger partial charge >= 0.3 is 0 Å². The maximum absolute atomic E-state index is 10.8. The maximum Gasteiger partial charge on any atom is 0.246 e. The van der Waals surface area contributed by atoms with Crippen molar-refractivity contribution in [3.63, 3.8) is 0 Å². The molecule has 0 spiro atoms. The Balaban J connectivity index is 2.59. The third-order valence-electron chi connectivity index (χ3n) is 2.08. The molecule has 0 heterocycles. The van der Waals surface area contributed by atoms with E-state index in [4.69, 9.17) is 10.5 Å². The SMILES string of the molecule is CC(OC(C)c1ccccc1)C(N)=O. The van der Waals surface area contributed by atoms with Crippen molar-refractivity contribution in [2.75, 3.05) is 0 Å². The highest BCUT2D eigenvalue weighted by Crippen LogP contribution is 2.17. The second-order valence-electron chi connectivity index (χ2n) is 3.23. The van der Waals surface area contributed by atoms with E-state index in [1.54, 1.807) is 6.92 Å². The highest BCUT2D eigenvalue weighted by atomic mass is 16.5. The molecule has 0 bridgehead atoms. The summed E-state index contributed by atoms with van der Waals surface area (Å²) in [6.07, 6.45) is -0.663. The number of nitrogens with two attached hydrogens (primary N) is 1. The van der Waals surface area contributed by atoms with Crippen LogP contribution in [0.2, 0.25) is 0 Å². The van der Waals surface area contributed by atoms with Gasteiger partial charge in [0.15, 0.2) is 0 Å². The summed E-state index contributed by atoms with van der Waals surface area (Å²) in [5, 5.41) is 0. The highest BCUT2D eigenvalue weighted by Gasteiger charge is 2.14. The Hall–Kier alpha value is -1.35. The van der Waals surface area contributed by atoms with Crippen molar-refractivity contribution >= 4 is 5.91 Å². The van der Waals surface area contributed by atoms with Crippen LogP contribution >= 0.6 is 0 Å². The van der Waals surface area contributed by atoms with E-state index in [0.717, 1.165) is 5.56 Å². The number of carbonyl (C=O) groups is 1. The third kappa shape index (κ3) is 2.85. The fourth-order valence-electron chi connectivity index (χ4n) is 1.18. The number of hydrogen-bond acceptors (Lipinski definition) is 2. The molecule has 0 aromatic heterocycles. The molecule has 1 aromatic carbocycles. The van der Waals surface area contributed by atoms with Crippen LogP contribution in [0.25, 0.3) is 0 Å². The maximum atomic E-state index is 10.8. The zero-order valence-corrected chi connectivity index (χ0v) is 8.44. The van der Waals surface area contributed by atoms with Crippen molar-refractivity contribution in [1.29, 1.82) is 0 Å². The Morgan fingerprint density at radius 2 is 1.86 bits per heavy atom. The lowest BCUT2D eigenvalue weighted by atomic mass is 10.1. The fraction of sp³-hybridized carbons (Fsp3) is 0.364. The zero-order valence-electron chi connectivity index (χ0n) is 8.44. The predicted molar refractivity (Wildman–Crippen MR) is 54.6 cm³/mol. The molecule has 0 saturated carbocycles. The molecule has 2 unspecified atom stereocenters. The molecule has 1 amide bonds. The van der Waals surface area contributed by atoms with Crippen LogP contribution in [0.4, 0.5) is 0 Å². The van der Waals surface area contributed by atoms with Gasteiger partial charge in [0, 0.05) is 0 Å². The Morgan fingerprint density at radius 3 is 2.36 bits per heavy atom. The van der Waals surface area contributed by atoms with Gasteiger partial charge in [-0.05, 0) is 19.4 Å². The summed E-state index contributed by atoms with van der Waals surface area (Å²) >= 11 is 0. The molecule has 0 aliphatic rings. The summed E-state index contributed by atoms with van der Waals surface area (Å²) in [5.74, 6) is -0.437. The van der Waals surface area contributed by atoms with Gasteiger partial charge in [-0.2, -0.15) is 0 Å². The average Bonchev–Trinajstić information content (AvgIpc) is 2.19. The first-order valence-electron chi connectivity index (χ1n) is 4.61. The van der Waals surface area contributed by atoms with Crippen LogP contribution in [0.1, 0.15) is 25.5 Å². The van der Waals surface area contributed by atoms with E-state index in [1.807, 2.05) is 37.3 Å². The van der Waals surface area contributed by atoms with Crippen LogP contribution < -0.4 is 5.73 Å². The van der Waals surface area contributed by atoms with Crippen molar-refractivity contribution in [3.8, 4) is 0 Å². The topological polar surface area (TPSA) is 52.3 Å². The summed E-state index contributed by atoms with van der Waals surface area (Å²) in [6.45, 7) is 3.55. The van der Waals surface area contributed by atoms with Gasteiger partial charge in [0.2, 0.25) is 5.91 Å². The van der Waals surface area contributed by atoms with Crippen molar-refractivity contribution in [1.82, 2.24) is 0 Å². The molecule has 0 radical (unpaired) electrons. The number of rotatable bonds is 4. The first-order valence-corrected chi connectivity index (χ1v) is 4.61. The Kier molecular flexibility index (Phi) is 3.65. The van der Waals surface area contributed by atoms with Crippen LogP contribution in [0.3, 0.4) is 0 Å². The highest BCUT2D eigenvalue weighted by molar-refractivity contribution is 5.78. The Bertz CT molecular complexity index is 297. The molecule has 2 atom stereocenters. The van der Waals surface area contributed by atoms with Gasteiger partial charge in [-0.3, -0.25) is 4.79 Å². The van der Waals surface area contributed by atoms with Gasteiger partial charge in [-0.1, -0.05) is 30.3 Å². The lowest BCUT2D eigenvalue weighted by molar-refractivity contribution is -0.131. The largest absolute Gasteiger partial charge is 0.367 e. The number of amides is 1. The van der Waals surface area contributed by atoms with Crippen molar-refractivity contribution in [2.45, 2.75) is 26.1 Å². The zero-order chi connectivity index (χ0) is 10.6. The van der Waals surface area contributed by atoms with Crippen LogP contribution in [-0.4, -0.2) is 12.0 Å². The van der Waals surface area contributed by atoms with Gasteiger partial charge in [0.1, 0.15) is 6.10 Å². The molecule has 1 aromatic rings. The molecule has 0 aliphatic heterocycles. The first-order chi connectivity index (χ1) is 6.61. The summed E-state index contributed by atoms with van der Waals surface area (Å²) < 4.78 is 5.42. The number of benzene rings is 1. The second-order valence-corrected chi connectivity index (χ2v) is 3.23. The van der Waals surface area contributed by atoms with E-state index in [1.165, 1.54) is 0 Å². The molecule has 14 heavy (non-hydrogen) atoms. The number of carbonyl (C=O) groups excluding carboxylic acids is 1. The fourth-order valence-corrected chi connectivity index (χ4v) is 1.18. The minimum Gasteiger partial charge on any atom is -0.367 e. The van der Waals surface area contributed by atoms with E-state index in [-0.39, 0.29) is 6.10 Å². The van der Waals surface area contributed by atoms with E-state index in [2.05, 4.69) is 0 Å². The smallest absolute Gasteiger partial charge is 0.246 e. The minimum absolute atomic E-state index is 0.112. The van der Waals surface area contributed by atoms with E-state index in [9.17, 15) is 4.79 Å². The van der Waals surface area contributed by atoms with Gasteiger partial charge in [0.05, 0.1) is 6.10 Å². The molecule has 1 rings (SSSR count). The second kappa shape index (κ2) is 4.77. The van der Waals surface area contributed by atoms with E-state index >= 15 is 0 Å². The molecule has 76 valence electrons. The molecule has 2 N–H and O–H groups in total. The molecular weight excluding hydrogens is 178 g/mol. The monoisotopic (exact) mass is 193 g/mol. The average molecular weight is 193 g/mol. The van der Waals surface area contributed by atoms with Crippen molar-refractivity contribution in [2.24, 2.45) is 5.73 Å². The summed E-state index contributed by atoms with van der Waals surface area (Å²) in [5.41, 5.74) is 6.14. The number of hydrogen-bond donors (Lipinski definition) is 1. The molecule has 0 fully saturated rings. The lowest BCUT2D eigenvalue weighted by Crippen LogP contribution is -2.29. The summed E-state index contributed by atoms with van der Waals surface area (Å²) in [7, 11) is 0. The first kappa shape index (κ1) is 10.7. The van der Waals surface area contributed by atoms with E-state index < -0.39 is 12.0 Å². The minimum atomic E-state index is -0.551. The summed E-state index contributed by atoms with van der Waals surface area (Å²) in [4.78, 5) is 10.8. The van der Waals surface area contributed by atoms with Crippen molar-refractivity contribution < 1.29 is 9.53 Å². The van der Waals surface area contributed by atoms with Crippen molar-refractivity contribution in [3.05, 3.63) is 35.9 Å². The van der Waals surface area contributed by atoms with Gasteiger partial charge in [0.25, 0.3) is 0 Å². The Labute approximate surface area is 83.9 Å². The van der Waals surface area contributed by atoms with Crippen LogP contribution in [0, 0.1) is 0 Å². The molecule has 0 aliphatic carbocycles. The number of ether oxygens (including phenoxy) is 1. The number of primary amides is 1. The standard InChI is InChI=1S/C11H15NO2/c1-8(14-9(2)11(12)13)10-6-4-3-5-7-10/h3-9H,1-2H3,(H2,12,13). The third-order valence-corrected chi connectivity index (χ3v) is 2.08. The van der Waals surface area contributed by atoms with Crippen LogP contribution in [0.5, 0.6) is 0 Å². The van der Waals surface area contributed by atoms with E-state index in [0.29, 0.717) is 0 Å². The Morgan fingerprint density at radius 1 is 1.29 bits per heavy atom. The van der Waals surface area contributed by atoms with Gasteiger partial charge in [-0.25, -0.2) is 0 Å².